The Morgan fingerprint density at radius 3 is 2.59 bits per heavy atom. The van der Waals surface area contributed by atoms with Gasteiger partial charge in [-0.25, -0.2) is 0 Å². The van der Waals surface area contributed by atoms with Gasteiger partial charge in [-0.15, -0.1) is 0 Å². The Bertz CT molecular complexity index is 650. The maximum absolute atomic E-state index is 12.2. The van der Waals surface area contributed by atoms with Gasteiger partial charge in [-0.05, 0) is 0 Å². The van der Waals surface area contributed by atoms with E-state index in [1.807, 2.05) is 67.6 Å². The zero-order valence-corrected chi connectivity index (χ0v) is 14.3. The van der Waals surface area contributed by atoms with Crippen LogP contribution in [0.4, 0.5) is 0 Å². The van der Waals surface area contributed by atoms with Crippen molar-refractivity contribution in [2.75, 3.05) is 13.7 Å². The van der Waals surface area contributed by atoms with E-state index in [1.165, 1.54) is 0 Å². The summed E-state index contributed by atoms with van der Waals surface area (Å²) in [6.45, 7) is 2.19. The quantitative estimate of drug-likeness (QED) is 0.451. The van der Waals surface area contributed by atoms with Crippen LogP contribution in [0.25, 0.3) is 6.08 Å². The fourth-order valence-corrected chi connectivity index (χ4v) is 3.69. The molecule has 0 aliphatic carbocycles. The molecule has 0 radical (unpaired) electrons. The second-order valence-corrected chi connectivity index (χ2v) is 6.76. The first-order valence-electron chi connectivity index (χ1n) is 6.98. The Hall–Kier alpha value is -2.03. The van der Waals surface area contributed by atoms with Crippen LogP contribution < -0.4 is 9.20 Å². The SMILES string of the molecule is CCOC(=O)C(=Cc1cccc(OC)c1)[Se]c1ccccc1. The summed E-state index contributed by atoms with van der Waals surface area (Å²) < 4.78 is 12.2. The van der Waals surface area contributed by atoms with Crippen LogP contribution in [0.2, 0.25) is 0 Å². The number of benzene rings is 2. The summed E-state index contributed by atoms with van der Waals surface area (Å²) in [6.07, 6.45) is 1.88. The van der Waals surface area contributed by atoms with Crippen molar-refractivity contribution in [3.63, 3.8) is 0 Å². The molecule has 0 saturated carbocycles. The van der Waals surface area contributed by atoms with Crippen molar-refractivity contribution in [2.45, 2.75) is 6.92 Å². The Labute approximate surface area is 137 Å². The number of hydrogen-bond donors (Lipinski definition) is 0. The molecule has 3 nitrogen and oxygen atoms in total. The van der Waals surface area contributed by atoms with E-state index in [0.717, 1.165) is 15.8 Å². The minimum atomic E-state index is -0.255. The van der Waals surface area contributed by atoms with Gasteiger partial charge in [0.15, 0.2) is 0 Å². The van der Waals surface area contributed by atoms with Crippen molar-refractivity contribution in [1.82, 2.24) is 0 Å². The van der Waals surface area contributed by atoms with E-state index >= 15 is 0 Å². The topological polar surface area (TPSA) is 35.5 Å². The summed E-state index contributed by atoms with van der Waals surface area (Å²) in [5.41, 5.74) is 0.931. The molecule has 2 aromatic rings. The standard InChI is InChI=1S/C18H18O3Se/c1-3-21-18(19)17(22-16-10-5-4-6-11-16)13-14-8-7-9-15(12-14)20-2/h4-13H,3H2,1-2H3. The predicted octanol–water partition coefficient (Wildman–Crippen LogP) is 2.63. The van der Waals surface area contributed by atoms with Gasteiger partial charge in [-0.1, -0.05) is 0 Å². The maximum atomic E-state index is 12.2. The molecular formula is C18H18O3Se. The summed E-state index contributed by atoms with van der Waals surface area (Å²) in [5, 5.41) is 0. The van der Waals surface area contributed by atoms with Gasteiger partial charge in [0.05, 0.1) is 0 Å². The van der Waals surface area contributed by atoms with Crippen LogP contribution in [0, 0.1) is 0 Å². The van der Waals surface area contributed by atoms with Gasteiger partial charge >= 0.3 is 137 Å². The molecule has 2 aromatic carbocycles. The molecule has 0 atom stereocenters. The van der Waals surface area contributed by atoms with E-state index in [4.69, 9.17) is 9.47 Å². The first-order valence-corrected chi connectivity index (χ1v) is 8.70. The van der Waals surface area contributed by atoms with E-state index in [9.17, 15) is 4.79 Å². The minimum absolute atomic E-state index is 0.101. The molecule has 0 heterocycles. The Morgan fingerprint density at radius 1 is 1.14 bits per heavy atom. The third-order valence-corrected chi connectivity index (χ3v) is 4.96. The van der Waals surface area contributed by atoms with Crippen LogP contribution in [0.5, 0.6) is 5.75 Å². The third-order valence-electron chi connectivity index (χ3n) is 2.84. The van der Waals surface area contributed by atoms with E-state index < -0.39 is 0 Å². The summed E-state index contributed by atoms with van der Waals surface area (Å²) in [5.74, 6) is 0.512. The monoisotopic (exact) mass is 362 g/mol. The van der Waals surface area contributed by atoms with Crippen molar-refractivity contribution in [2.24, 2.45) is 0 Å². The van der Waals surface area contributed by atoms with Crippen molar-refractivity contribution in [3.05, 3.63) is 64.6 Å². The van der Waals surface area contributed by atoms with E-state index in [0.29, 0.717) is 11.1 Å². The Kier molecular flexibility index (Phi) is 6.26. The summed E-state index contributed by atoms with van der Waals surface area (Å²) in [4.78, 5) is 12.2. The zero-order valence-electron chi connectivity index (χ0n) is 12.6. The Morgan fingerprint density at radius 2 is 1.91 bits per heavy atom. The van der Waals surface area contributed by atoms with Gasteiger partial charge in [-0.2, -0.15) is 0 Å². The van der Waals surface area contributed by atoms with E-state index in [2.05, 4.69) is 0 Å². The number of rotatable bonds is 6. The average Bonchev–Trinajstić information content (AvgIpc) is 2.55. The average molecular weight is 361 g/mol. The summed E-state index contributed by atoms with van der Waals surface area (Å²) in [6, 6.07) is 17.6. The van der Waals surface area contributed by atoms with Crippen molar-refractivity contribution >= 4 is 31.5 Å². The van der Waals surface area contributed by atoms with Gasteiger partial charge < -0.3 is 0 Å². The molecule has 0 bridgehead atoms. The van der Waals surface area contributed by atoms with Gasteiger partial charge in [0.25, 0.3) is 0 Å². The number of hydrogen-bond acceptors (Lipinski definition) is 3. The third kappa shape index (κ3) is 4.76. The molecule has 0 unspecified atom stereocenters. The normalized spacial score (nSPS) is 11.1. The zero-order chi connectivity index (χ0) is 15.8. The van der Waals surface area contributed by atoms with Crippen LogP contribution in [-0.2, 0) is 9.53 Å². The number of methoxy groups -OCH3 is 1. The molecule has 0 aliphatic heterocycles. The summed E-state index contributed by atoms with van der Waals surface area (Å²) >= 11 is -0.101. The van der Waals surface area contributed by atoms with Crippen LogP contribution in [-0.4, -0.2) is 34.6 Å². The molecular weight excluding hydrogens is 343 g/mol. The number of ether oxygens (including phenoxy) is 2. The number of carbonyl (C=O) groups excluding carboxylic acids is 1. The molecule has 0 aliphatic rings. The second-order valence-electron chi connectivity index (χ2n) is 4.42. The molecule has 114 valence electrons. The van der Waals surface area contributed by atoms with Gasteiger partial charge in [0.2, 0.25) is 0 Å². The molecule has 0 N–H and O–H groups in total. The molecule has 0 amide bonds. The van der Waals surface area contributed by atoms with Crippen molar-refractivity contribution < 1.29 is 14.3 Å². The van der Waals surface area contributed by atoms with Crippen LogP contribution in [0.3, 0.4) is 0 Å². The first kappa shape index (κ1) is 16.3. The number of esters is 1. The molecule has 0 spiro atoms. The van der Waals surface area contributed by atoms with Crippen molar-refractivity contribution in [1.29, 1.82) is 0 Å². The van der Waals surface area contributed by atoms with Crippen molar-refractivity contribution in [3.8, 4) is 5.75 Å². The van der Waals surface area contributed by atoms with Crippen LogP contribution >= 0.6 is 0 Å². The van der Waals surface area contributed by atoms with Crippen LogP contribution in [0.15, 0.2) is 59.1 Å². The number of carbonyl (C=O) groups is 1. The van der Waals surface area contributed by atoms with E-state index in [-0.39, 0.29) is 20.9 Å². The molecule has 0 saturated heterocycles. The molecule has 0 aromatic heterocycles. The van der Waals surface area contributed by atoms with E-state index in [1.54, 1.807) is 7.11 Å². The molecule has 2 rings (SSSR count). The summed E-state index contributed by atoms with van der Waals surface area (Å²) in [7, 11) is 1.63. The van der Waals surface area contributed by atoms with Gasteiger partial charge in [0, 0.05) is 0 Å². The van der Waals surface area contributed by atoms with Gasteiger partial charge in [0.1, 0.15) is 0 Å². The molecule has 0 fully saturated rings. The molecule has 4 heteroatoms. The first-order chi connectivity index (χ1) is 10.7. The predicted molar refractivity (Wildman–Crippen MR) is 89.4 cm³/mol. The fourth-order valence-electron chi connectivity index (χ4n) is 1.83. The second kappa shape index (κ2) is 8.42. The Balaban J connectivity index is 2.30. The fraction of sp³-hybridized carbons (Fsp3) is 0.167. The van der Waals surface area contributed by atoms with Gasteiger partial charge in [-0.3, -0.25) is 0 Å². The van der Waals surface area contributed by atoms with Crippen LogP contribution in [0.1, 0.15) is 12.5 Å². The molecule has 22 heavy (non-hydrogen) atoms.